The van der Waals surface area contributed by atoms with E-state index in [4.69, 9.17) is 5.73 Å². The van der Waals surface area contributed by atoms with E-state index in [1.165, 1.54) is 4.88 Å². The molecule has 0 saturated heterocycles. The van der Waals surface area contributed by atoms with Gasteiger partial charge in [0.05, 0.1) is 12.1 Å². The highest BCUT2D eigenvalue weighted by atomic mass is 32.1. The first kappa shape index (κ1) is 13.2. The van der Waals surface area contributed by atoms with Gasteiger partial charge < -0.3 is 11.1 Å². The van der Waals surface area contributed by atoms with Crippen molar-refractivity contribution < 1.29 is 4.79 Å². The Morgan fingerprint density at radius 3 is 2.81 bits per heavy atom. The van der Waals surface area contributed by atoms with Crippen LogP contribution in [0.3, 0.4) is 0 Å². The van der Waals surface area contributed by atoms with E-state index in [9.17, 15) is 4.79 Å². The molecule has 0 saturated carbocycles. The van der Waals surface area contributed by atoms with Crippen molar-refractivity contribution in [3.8, 4) is 0 Å². The minimum Gasteiger partial charge on any atom is -0.347 e. The average Bonchev–Trinajstić information content (AvgIpc) is 2.79. The Bertz CT molecular complexity index is 311. The Balaban J connectivity index is 2.54. The van der Waals surface area contributed by atoms with Crippen molar-refractivity contribution in [1.29, 1.82) is 0 Å². The van der Waals surface area contributed by atoms with Crippen LogP contribution in [0.5, 0.6) is 0 Å². The van der Waals surface area contributed by atoms with Crippen LogP contribution in [0.15, 0.2) is 17.5 Å². The highest BCUT2D eigenvalue weighted by Gasteiger charge is 2.17. The predicted molar refractivity (Wildman–Crippen MR) is 68.4 cm³/mol. The molecule has 0 aliphatic carbocycles. The van der Waals surface area contributed by atoms with Crippen molar-refractivity contribution in [2.45, 2.75) is 45.2 Å². The Hall–Kier alpha value is -0.870. The molecule has 3 N–H and O–H groups in total. The quantitative estimate of drug-likeness (QED) is 0.802. The zero-order chi connectivity index (χ0) is 12.0. The number of thiophene rings is 1. The summed E-state index contributed by atoms with van der Waals surface area (Å²) in [6.07, 6.45) is 2.57. The molecule has 0 radical (unpaired) electrons. The Morgan fingerprint density at radius 2 is 2.31 bits per heavy atom. The largest absolute Gasteiger partial charge is 0.347 e. The number of hydrogen-bond acceptors (Lipinski definition) is 3. The number of carbonyl (C=O) groups excluding carboxylic acids is 1. The number of hydrogen-bond donors (Lipinski definition) is 2. The fraction of sp³-hybridized carbons (Fsp3) is 0.583. The molecule has 0 aliphatic rings. The van der Waals surface area contributed by atoms with Crippen LogP contribution in [0.2, 0.25) is 0 Å². The minimum atomic E-state index is -0.376. The second-order valence-corrected chi connectivity index (χ2v) is 4.86. The van der Waals surface area contributed by atoms with Gasteiger partial charge in [-0.1, -0.05) is 26.3 Å². The lowest BCUT2D eigenvalue weighted by Crippen LogP contribution is -2.41. The third-order valence-electron chi connectivity index (χ3n) is 2.55. The van der Waals surface area contributed by atoms with E-state index in [1.807, 2.05) is 24.4 Å². The number of nitrogens with one attached hydrogen (secondary N) is 1. The molecule has 90 valence electrons. The van der Waals surface area contributed by atoms with E-state index in [1.54, 1.807) is 11.3 Å². The highest BCUT2D eigenvalue weighted by molar-refractivity contribution is 7.10. The molecule has 2 unspecified atom stereocenters. The van der Waals surface area contributed by atoms with Gasteiger partial charge in [0.25, 0.3) is 0 Å². The zero-order valence-electron chi connectivity index (χ0n) is 9.90. The van der Waals surface area contributed by atoms with Gasteiger partial charge in [-0.3, -0.25) is 4.79 Å². The molecule has 3 nitrogen and oxygen atoms in total. The van der Waals surface area contributed by atoms with Crippen LogP contribution in [0.4, 0.5) is 0 Å². The van der Waals surface area contributed by atoms with Crippen LogP contribution in [0.25, 0.3) is 0 Å². The third-order valence-corrected chi connectivity index (χ3v) is 3.53. The molecule has 0 spiro atoms. The van der Waals surface area contributed by atoms with Gasteiger partial charge >= 0.3 is 0 Å². The molecule has 2 atom stereocenters. The minimum absolute atomic E-state index is 0.0397. The monoisotopic (exact) mass is 240 g/mol. The normalized spacial score (nSPS) is 14.4. The van der Waals surface area contributed by atoms with Gasteiger partial charge in [0.1, 0.15) is 0 Å². The molecule has 0 aliphatic heterocycles. The Labute approximate surface area is 101 Å². The molecule has 1 heterocycles. The van der Waals surface area contributed by atoms with Gasteiger partial charge in [-0.2, -0.15) is 0 Å². The van der Waals surface area contributed by atoms with E-state index < -0.39 is 0 Å². The number of rotatable bonds is 6. The van der Waals surface area contributed by atoms with Crippen LogP contribution >= 0.6 is 11.3 Å². The molecule has 1 aromatic heterocycles. The van der Waals surface area contributed by atoms with E-state index in [0.717, 1.165) is 19.3 Å². The van der Waals surface area contributed by atoms with Crippen molar-refractivity contribution in [3.63, 3.8) is 0 Å². The molecule has 1 amide bonds. The van der Waals surface area contributed by atoms with Crippen molar-refractivity contribution in [2.24, 2.45) is 5.73 Å². The fourth-order valence-electron chi connectivity index (χ4n) is 1.58. The van der Waals surface area contributed by atoms with E-state index in [2.05, 4.69) is 12.2 Å². The molecule has 0 fully saturated rings. The molecule has 4 heteroatoms. The lowest BCUT2D eigenvalue weighted by molar-refractivity contribution is -0.123. The first-order valence-electron chi connectivity index (χ1n) is 5.78. The second kappa shape index (κ2) is 6.66. The van der Waals surface area contributed by atoms with Crippen molar-refractivity contribution in [1.82, 2.24) is 5.32 Å². The van der Waals surface area contributed by atoms with Crippen LogP contribution < -0.4 is 11.1 Å². The zero-order valence-corrected chi connectivity index (χ0v) is 10.7. The maximum absolute atomic E-state index is 11.8. The molecular formula is C12H20N2OS. The van der Waals surface area contributed by atoms with Gasteiger partial charge in [0.2, 0.25) is 5.91 Å². The van der Waals surface area contributed by atoms with Gasteiger partial charge in [0.15, 0.2) is 0 Å². The fourth-order valence-corrected chi connectivity index (χ4v) is 2.45. The average molecular weight is 240 g/mol. The number of nitrogens with two attached hydrogens (primary N) is 1. The van der Waals surface area contributed by atoms with Crippen molar-refractivity contribution in [2.75, 3.05) is 0 Å². The van der Waals surface area contributed by atoms with E-state index in [-0.39, 0.29) is 18.0 Å². The van der Waals surface area contributed by atoms with E-state index in [0.29, 0.717) is 0 Å². The first-order chi connectivity index (χ1) is 7.69. The summed E-state index contributed by atoms with van der Waals surface area (Å²) in [4.78, 5) is 13.0. The molecule has 0 bridgehead atoms. The first-order valence-corrected chi connectivity index (χ1v) is 6.66. The van der Waals surface area contributed by atoms with Crippen molar-refractivity contribution >= 4 is 17.2 Å². The molecular weight excluding hydrogens is 220 g/mol. The van der Waals surface area contributed by atoms with Crippen LogP contribution in [0.1, 0.15) is 44.0 Å². The summed E-state index contributed by atoms with van der Waals surface area (Å²) in [7, 11) is 0. The smallest absolute Gasteiger partial charge is 0.237 e. The second-order valence-electron chi connectivity index (χ2n) is 3.88. The van der Waals surface area contributed by atoms with E-state index >= 15 is 0 Å². The topological polar surface area (TPSA) is 55.1 Å². The SMILES string of the molecule is CCCC(N)C(=O)NC(CC)c1cccs1. The van der Waals surface area contributed by atoms with Crippen LogP contribution in [-0.2, 0) is 4.79 Å². The summed E-state index contributed by atoms with van der Waals surface area (Å²) in [6.45, 7) is 4.10. The lowest BCUT2D eigenvalue weighted by Gasteiger charge is -2.18. The molecule has 0 aromatic carbocycles. The number of carbonyl (C=O) groups is 1. The third kappa shape index (κ3) is 3.61. The van der Waals surface area contributed by atoms with Gasteiger partial charge in [-0.05, 0) is 24.3 Å². The van der Waals surface area contributed by atoms with Gasteiger partial charge in [-0.25, -0.2) is 0 Å². The standard InChI is InChI=1S/C12H20N2OS/c1-3-6-9(13)12(15)14-10(4-2)11-7-5-8-16-11/h5,7-10H,3-4,6,13H2,1-2H3,(H,14,15). The summed E-state index contributed by atoms with van der Waals surface area (Å²) in [5.41, 5.74) is 5.78. The summed E-state index contributed by atoms with van der Waals surface area (Å²) in [6, 6.07) is 3.78. The molecule has 16 heavy (non-hydrogen) atoms. The van der Waals surface area contributed by atoms with Crippen molar-refractivity contribution in [3.05, 3.63) is 22.4 Å². The summed E-state index contributed by atoms with van der Waals surface area (Å²) < 4.78 is 0. The van der Waals surface area contributed by atoms with Crippen LogP contribution in [-0.4, -0.2) is 11.9 Å². The van der Waals surface area contributed by atoms with Gasteiger partial charge in [-0.15, -0.1) is 11.3 Å². The highest BCUT2D eigenvalue weighted by Crippen LogP contribution is 2.21. The lowest BCUT2D eigenvalue weighted by atomic mass is 10.1. The summed E-state index contributed by atoms with van der Waals surface area (Å²) >= 11 is 1.67. The Kier molecular flexibility index (Phi) is 5.49. The number of amides is 1. The summed E-state index contributed by atoms with van der Waals surface area (Å²) in [5.74, 6) is -0.0397. The van der Waals surface area contributed by atoms with Crippen LogP contribution in [0, 0.1) is 0 Å². The predicted octanol–water partition coefficient (Wildman–Crippen LogP) is 2.44. The Morgan fingerprint density at radius 1 is 1.56 bits per heavy atom. The maximum Gasteiger partial charge on any atom is 0.237 e. The molecule has 1 rings (SSSR count). The summed E-state index contributed by atoms with van der Waals surface area (Å²) in [5, 5.41) is 5.02. The molecule has 1 aromatic rings. The van der Waals surface area contributed by atoms with Gasteiger partial charge in [0, 0.05) is 4.88 Å². The maximum atomic E-state index is 11.8.